The summed E-state index contributed by atoms with van der Waals surface area (Å²) < 4.78 is 0. The fourth-order valence-electron chi connectivity index (χ4n) is 1.63. The second-order valence-corrected chi connectivity index (χ2v) is 5.60. The molecule has 0 saturated carbocycles. The minimum absolute atomic E-state index is 0.231. The van der Waals surface area contributed by atoms with Gasteiger partial charge in [-0.3, -0.25) is 0 Å². The van der Waals surface area contributed by atoms with Crippen molar-refractivity contribution in [2.24, 2.45) is 5.41 Å². The average molecular weight is 237 g/mol. The summed E-state index contributed by atoms with van der Waals surface area (Å²) in [5, 5.41) is 9.30. The normalized spacial score (nSPS) is 11.0. The Labute approximate surface area is 102 Å². The van der Waals surface area contributed by atoms with Crippen molar-refractivity contribution in [3.63, 3.8) is 0 Å². The van der Waals surface area contributed by atoms with Crippen molar-refractivity contribution in [2.75, 3.05) is 18.5 Å². The van der Waals surface area contributed by atoms with Crippen LogP contribution in [0.15, 0.2) is 18.2 Å². The Morgan fingerprint density at radius 2 is 2.00 bits per heavy atom. The fourth-order valence-corrected chi connectivity index (χ4v) is 1.85. The number of hydrogen-bond acceptors (Lipinski definition) is 2. The number of halogens is 1. The maximum atomic E-state index is 8.79. The lowest BCUT2D eigenvalue weighted by molar-refractivity contribution is 0.419. The Kier molecular flexibility index (Phi) is 3.83. The molecule has 0 amide bonds. The van der Waals surface area contributed by atoms with Gasteiger partial charge < -0.3 is 4.90 Å². The number of nitrogens with zero attached hydrogens (tertiary/aromatic N) is 2. The molecule has 0 aliphatic carbocycles. The van der Waals surface area contributed by atoms with Crippen LogP contribution in [-0.2, 0) is 0 Å². The molecule has 0 aromatic heterocycles. The second-order valence-electron chi connectivity index (χ2n) is 5.19. The highest BCUT2D eigenvalue weighted by Crippen LogP contribution is 2.25. The highest BCUT2D eigenvalue weighted by Gasteiger charge is 2.14. The van der Waals surface area contributed by atoms with E-state index in [1.807, 2.05) is 19.2 Å². The summed E-state index contributed by atoms with van der Waals surface area (Å²) in [7, 11) is 2.03. The van der Waals surface area contributed by atoms with Gasteiger partial charge in [-0.2, -0.15) is 5.26 Å². The molecule has 86 valence electrons. The van der Waals surface area contributed by atoms with Crippen LogP contribution in [0.25, 0.3) is 0 Å². The van der Waals surface area contributed by atoms with Crippen molar-refractivity contribution < 1.29 is 0 Å². The van der Waals surface area contributed by atoms with Crippen LogP contribution in [0.3, 0.4) is 0 Å². The van der Waals surface area contributed by atoms with E-state index in [-0.39, 0.29) is 5.41 Å². The molecule has 0 spiro atoms. The summed E-state index contributed by atoms with van der Waals surface area (Å²) in [6.45, 7) is 7.51. The van der Waals surface area contributed by atoms with Gasteiger partial charge in [0.1, 0.15) is 6.07 Å². The van der Waals surface area contributed by atoms with Crippen molar-refractivity contribution in [3.05, 3.63) is 28.8 Å². The van der Waals surface area contributed by atoms with E-state index in [0.717, 1.165) is 12.2 Å². The molecule has 1 aromatic rings. The molecule has 1 aromatic carbocycles. The van der Waals surface area contributed by atoms with Gasteiger partial charge in [-0.25, -0.2) is 0 Å². The Balaban J connectivity index is 2.90. The number of hydrogen-bond donors (Lipinski definition) is 0. The first kappa shape index (κ1) is 12.9. The molecule has 0 heterocycles. The minimum Gasteiger partial charge on any atom is -0.374 e. The molecule has 2 nitrogen and oxygen atoms in total. The third-order valence-electron chi connectivity index (χ3n) is 2.23. The Hall–Kier alpha value is -1.20. The summed E-state index contributed by atoms with van der Waals surface area (Å²) >= 11 is 6.00. The minimum atomic E-state index is 0.231. The lowest BCUT2D eigenvalue weighted by atomic mass is 9.96. The second kappa shape index (κ2) is 4.76. The van der Waals surface area contributed by atoms with Gasteiger partial charge in [-0.15, -0.1) is 0 Å². The number of benzene rings is 1. The van der Waals surface area contributed by atoms with Crippen LogP contribution in [0.2, 0.25) is 5.02 Å². The zero-order chi connectivity index (χ0) is 12.3. The quantitative estimate of drug-likeness (QED) is 0.783. The van der Waals surface area contributed by atoms with E-state index in [0.29, 0.717) is 10.6 Å². The van der Waals surface area contributed by atoms with Crippen LogP contribution in [0.1, 0.15) is 26.3 Å². The lowest BCUT2D eigenvalue weighted by Crippen LogP contribution is -2.29. The Morgan fingerprint density at radius 1 is 1.38 bits per heavy atom. The summed E-state index contributed by atoms with van der Waals surface area (Å²) in [5.41, 5.74) is 1.79. The highest BCUT2D eigenvalue weighted by molar-refractivity contribution is 6.32. The molecule has 1 rings (SSSR count). The maximum Gasteiger partial charge on any atom is 0.101 e. The molecule has 0 fully saturated rings. The van der Waals surface area contributed by atoms with Crippen LogP contribution in [0, 0.1) is 16.7 Å². The van der Waals surface area contributed by atoms with Gasteiger partial charge in [0.05, 0.1) is 10.6 Å². The largest absolute Gasteiger partial charge is 0.374 e. The average Bonchev–Trinajstić information content (AvgIpc) is 2.15. The van der Waals surface area contributed by atoms with Gasteiger partial charge in [0.2, 0.25) is 0 Å². The number of anilines is 1. The number of rotatable bonds is 2. The van der Waals surface area contributed by atoms with Gasteiger partial charge in [0.25, 0.3) is 0 Å². The number of nitriles is 1. The van der Waals surface area contributed by atoms with E-state index in [4.69, 9.17) is 16.9 Å². The van der Waals surface area contributed by atoms with Gasteiger partial charge in [0, 0.05) is 19.3 Å². The molecule has 0 atom stereocenters. The summed E-state index contributed by atoms with van der Waals surface area (Å²) in [5.74, 6) is 0. The van der Waals surface area contributed by atoms with Crippen molar-refractivity contribution in [2.45, 2.75) is 20.8 Å². The Bertz CT molecular complexity index is 413. The third kappa shape index (κ3) is 3.43. The predicted octanol–water partition coefficient (Wildman–Crippen LogP) is 3.69. The van der Waals surface area contributed by atoms with Gasteiger partial charge >= 0.3 is 0 Å². The third-order valence-corrected chi connectivity index (χ3v) is 2.54. The monoisotopic (exact) mass is 236 g/mol. The zero-order valence-electron chi connectivity index (χ0n) is 10.2. The lowest BCUT2D eigenvalue weighted by Gasteiger charge is -2.28. The highest BCUT2D eigenvalue weighted by atomic mass is 35.5. The van der Waals surface area contributed by atoms with Crippen LogP contribution >= 0.6 is 11.6 Å². The molecule has 0 radical (unpaired) electrons. The van der Waals surface area contributed by atoms with E-state index in [9.17, 15) is 0 Å². The van der Waals surface area contributed by atoms with Gasteiger partial charge in [-0.05, 0) is 23.6 Å². The first-order chi connectivity index (χ1) is 7.33. The smallest absolute Gasteiger partial charge is 0.101 e. The van der Waals surface area contributed by atoms with Gasteiger partial charge in [0.15, 0.2) is 0 Å². The molecule has 0 saturated heterocycles. The van der Waals surface area contributed by atoms with Crippen LogP contribution in [0.4, 0.5) is 5.69 Å². The van der Waals surface area contributed by atoms with Crippen molar-refractivity contribution in [3.8, 4) is 6.07 Å². The summed E-state index contributed by atoms with van der Waals surface area (Å²) in [4.78, 5) is 2.15. The van der Waals surface area contributed by atoms with Crippen LogP contribution < -0.4 is 4.90 Å². The van der Waals surface area contributed by atoms with E-state index < -0.39 is 0 Å². The maximum absolute atomic E-state index is 8.79. The topological polar surface area (TPSA) is 27.0 Å². The molecule has 0 bridgehead atoms. The molecule has 0 unspecified atom stereocenters. The van der Waals surface area contributed by atoms with Gasteiger partial charge in [-0.1, -0.05) is 32.4 Å². The fraction of sp³-hybridized carbons (Fsp3) is 0.462. The SMILES string of the molecule is CN(CC(C)(C)C)c1ccc(C#N)c(Cl)c1. The summed E-state index contributed by atoms with van der Waals surface area (Å²) in [6, 6.07) is 7.59. The molecular formula is C13H17ClN2. The first-order valence-corrected chi connectivity index (χ1v) is 5.62. The van der Waals surface area contributed by atoms with E-state index >= 15 is 0 Å². The summed E-state index contributed by atoms with van der Waals surface area (Å²) in [6.07, 6.45) is 0. The van der Waals surface area contributed by atoms with E-state index in [2.05, 4.69) is 31.7 Å². The van der Waals surface area contributed by atoms with Crippen LogP contribution in [-0.4, -0.2) is 13.6 Å². The van der Waals surface area contributed by atoms with Crippen molar-refractivity contribution >= 4 is 17.3 Å². The molecular weight excluding hydrogens is 220 g/mol. The van der Waals surface area contributed by atoms with Crippen molar-refractivity contribution in [1.82, 2.24) is 0 Å². The molecule has 0 aliphatic rings. The van der Waals surface area contributed by atoms with Crippen molar-refractivity contribution in [1.29, 1.82) is 5.26 Å². The first-order valence-electron chi connectivity index (χ1n) is 5.24. The zero-order valence-corrected chi connectivity index (χ0v) is 11.0. The predicted molar refractivity (Wildman–Crippen MR) is 68.9 cm³/mol. The standard InChI is InChI=1S/C13H17ClN2/c1-13(2,3)9-16(4)11-6-5-10(8-15)12(14)7-11/h5-7H,9H2,1-4H3. The Morgan fingerprint density at radius 3 is 2.44 bits per heavy atom. The van der Waals surface area contributed by atoms with Crippen LogP contribution in [0.5, 0.6) is 0 Å². The molecule has 0 aliphatic heterocycles. The molecule has 0 N–H and O–H groups in total. The van der Waals surface area contributed by atoms with E-state index in [1.165, 1.54) is 0 Å². The van der Waals surface area contributed by atoms with E-state index in [1.54, 1.807) is 6.07 Å². The molecule has 16 heavy (non-hydrogen) atoms. The molecule has 3 heteroatoms.